The predicted octanol–water partition coefficient (Wildman–Crippen LogP) is 2.49. The average Bonchev–Trinajstić information content (AvgIpc) is 2.46. The van der Waals surface area contributed by atoms with Crippen LogP contribution in [0.2, 0.25) is 0 Å². The zero-order chi connectivity index (χ0) is 14.4. The van der Waals surface area contributed by atoms with E-state index in [2.05, 4.69) is 10.6 Å². The number of carbonyl (C=O) groups is 1. The van der Waals surface area contributed by atoms with Gasteiger partial charge in [0.1, 0.15) is 5.82 Å². The molecule has 110 valence electrons. The van der Waals surface area contributed by atoms with Gasteiger partial charge in [-0.1, -0.05) is 12.1 Å². The summed E-state index contributed by atoms with van der Waals surface area (Å²) in [5.41, 5.74) is 0.796. The van der Waals surface area contributed by atoms with Crippen LogP contribution in [0.4, 0.5) is 4.39 Å². The third kappa shape index (κ3) is 4.80. The van der Waals surface area contributed by atoms with Crippen LogP contribution in [0.1, 0.15) is 31.4 Å². The quantitative estimate of drug-likeness (QED) is 0.877. The molecule has 1 atom stereocenters. The first-order valence-corrected chi connectivity index (χ1v) is 8.07. The Balaban J connectivity index is 1.76. The van der Waals surface area contributed by atoms with Gasteiger partial charge in [-0.05, 0) is 50.6 Å². The highest BCUT2D eigenvalue weighted by atomic mass is 32.2. The second-order valence-electron chi connectivity index (χ2n) is 5.10. The maximum absolute atomic E-state index is 13.1. The molecule has 2 N–H and O–H groups in total. The lowest BCUT2D eigenvalue weighted by Gasteiger charge is -2.22. The predicted molar refractivity (Wildman–Crippen MR) is 81.3 cm³/mol. The number of hydrogen-bond acceptors (Lipinski definition) is 3. The van der Waals surface area contributed by atoms with Gasteiger partial charge in [0, 0.05) is 5.25 Å². The highest BCUT2D eigenvalue weighted by Crippen LogP contribution is 2.20. The Hall–Kier alpha value is -1.07. The van der Waals surface area contributed by atoms with Crippen LogP contribution in [0.15, 0.2) is 24.3 Å². The third-order valence-electron chi connectivity index (χ3n) is 3.46. The first-order chi connectivity index (χ1) is 9.65. The van der Waals surface area contributed by atoms with Gasteiger partial charge in [-0.15, -0.1) is 11.8 Å². The summed E-state index contributed by atoms with van der Waals surface area (Å²) in [6, 6.07) is 6.20. The van der Waals surface area contributed by atoms with Gasteiger partial charge in [-0.25, -0.2) is 4.39 Å². The maximum atomic E-state index is 13.1. The van der Waals surface area contributed by atoms with Crippen LogP contribution < -0.4 is 10.6 Å². The van der Waals surface area contributed by atoms with Crippen LogP contribution in [0.25, 0.3) is 0 Å². The summed E-state index contributed by atoms with van der Waals surface area (Å²) >= 11 is 1.72. The summed E-state index contributed by atoms with van der Waals surface area (Å²) in [6.07, 6.45) is 2.24. The third-order valence-corrected chi connectivity index (χ3v) is 4.83. The normalized spacial score (nSPS) is 17.7. The van der Waals surface area contributed by atoms with Crippen molar-refractivity contribution in [1.29, 1.82) is 0 Å². The molecular weight excluding hydrogens is 275 g/mol. The number of thioether (sulfide) groups is 1. The molecule has 1 aromatic carbocycles. The van der Waals surface area contributed by atoms with Crippen LogP contribution in [0.3, 0.4) is 0 Å². The van der Waals surface area contributed by atoms with E-state index in [1.807, 2.05) is 13.0 Å². The summed E-state index contributed by atoms with van der Waals surface area (Å²) in [5, 5.41) is 6.81. The molecule has 0 bridgehead atoms. The van der Waals surface area contributed by atoms with E-state index >= 15 is 0 Å². The van der Waals surface area contributed by atoms with E-state index in [-0.39, 0.29) is 17.8 Å². The van der Waals surface area contributed by atoms with Gasteiger partial charge in [-0.2, -0.15) is 0 Å². The van der Waals surface area contributed by atoms with Crippen molar-refractivity contribution in [1.82, 2.24) is 10.6 Å². The van der Waals surface area contributed by atoms with Gasteiger partial charge in [0.2, 0.25) is 5.91 Å². The van der Waals surface area contributed by atoms with E-state index in [9.17, 15) is 9.18 Å². The largest absolute Gasteiger partial charge is 0.349 e. The minimum Gasteiger partial charge on any atom is -0.349 e. The van der Waals surface area contributed by atoms with Gasteiger partial charge < -0.3 is 10.6 Å². The van der Waals surface area contributed by atoms with Crippen molar-refractivity contribution >= 4 is 17.7 Å². The Morgan fingerprint density at radius 3 is 2.95 bits per heavy atom. The monoisotopic (exact) mass is 296 g/mol. The van der Waals surface area contributed by atoms with Gasteiger partial charge in [0.25, 0.3) is 0 Å². The van der Waals surface area contributed by atoms with Crippen LogP contribution in [-0.4, -0.2) is 30.0 Å². The second-order valence-corrected chi connectivity index (χ2v) is 6.39. The molecule has 5 heteroatoms. The molecule has 0 saturated carbocycles. The number of nitrogens with one attached hydrogen (secondary N) is 2. The van der Waals surface area contributed by atoms with E-state index in [0.29, 0.717) is 11.0 Å². The average molecular weight is 296 g/mol. The molecule has 20 heavy (non-hydrogen) atoms. The van der Waals surface area contributed by atoms with Crippen LogP contribution in [-0.2, 0) is 4.79 Å². The molecule has 2 rings (SSSR count). The minimum absolute atomic E-state index is 0.0188. The first kappa shape index (κ1) is 15.3. The molecule has 0 radical (unpaired) electrons. The lowest BCUT2D eigenvalue weighted by Crippen LogP contribution is -2.32. The molecule has 1 aliphatic heterocycles. The van der Waals surface area contributed by atoms with Crippen molar-refractivity contribution in [3.63, 3.8) is 0 Å². The fraction of sp³-hybridized carbons (Fsp3) is 0.533. The van der Waals surface area contributed by atoms with E-state index in [1.54, 1.807) is 17.8 Å². The number of carbonyl (C=O) groups excluding carboxylic acids is 1. The van der Waals surface area contributed by atoms with Crippen LogP contribution in [0, 0.1) is 5.82 Å². The molecule has 1 aromatic rings. The van der Waals surface area contributed by atoms with Crippen molar-refractivity contribution in [2.75, 3.05) is 18.8 Å². The molecule has 3 nitrogen and oxygen atoms in total. The molecule has 0 unspecified atom stereocenters. The maximum Gasteiger partial charge on any atom is 0.230 e. The molecule has 1 saturated heterocycles. The summed E-state index contributed by atoms with van der Waals surface area (Å²) in [4.78, 5) is 11.9. The van der Waals surface area contributed by atoms with Crippen molar-refractivity contribution in [3.05, 3.63) is 35.6 Å². The first-order valence-electron chi connectivity index (χ1n) is 7.02. The number of benzene rings is 1. The van der Waals surface area contributed by atoms with Crippen molar-refractivity contribution in [2.45, 2.75) is 31.1 Å². The van der Waals surface area contributed by atoms with Gasteiger partial charge in [0.15, 0.2) is 0 Å². The van der Waals surface area contributed by atoms with E-state index in [0.717, 1.165) is 31.5 Å². The highest BCUT2D eigenvalue weighted by Gasteiger charge is 2.16. The van der Waals surface area contributed by atoms with E-state index < -0.39 is 0 Å². The lowest BCUT2D eigenvalue weighted by atomic mass is 10.1. The molecule has 1 amide bonds. The van der Waals surface area contributed by atoms with Gasteiger partial charge in [-0.3, -0.25) is 4.79 Å². The fourth-order valence-corrected chi connectivity index (χ4v) is 3.34. The SMILES string of the molecule is C[C@@H](NC(=O)CSC1CCNCC1)c1cccc(F)c1. The standard InChI is InChI=1S/C15H21FN2OS/c1-11(12-3-2-4-13(16)9-12)18-15(19)10-20-14-5-7-17-8-6-14/h2-4,9,11,14,17H,5-8,10H2,1H3,(H,18,19)/t11-/m1/s1. The Bertz CT molecular complexity index is 449. The summed E-state index contributed by atoms with van der Waals surface area (Å²) in [5.74, 6) is 0.225. The molecule has 1 aliphatic rings. The van der Waals surface area contributed by atoms with Gasteiger partial charge >= 0.3 is 0 Å². The zero-order valence-electron chi connectivity index (χ0n) is 11.7. The number of amides is 1. The Morgan fingerprint density at radius 2 is 2.25 bits per heavy atom. The second kappa shape index (κ2) is 7.64. The smallest absolute Gasteiger partial charge is 0.230 e. The number of piperidine rings is 1. The number of rotatable bonds is 5. The Labute approximate surface area is 123 Å². The van der Waals surface area contributed by atoms with Gasteiger partial charge in [0.05, 0.1) is 11.8 Å². The Kier molecular flexibility index (Phi) is 5.86. The summed E-state index contributed by atoms with van der Waals surface area (Å²) in [7, 11) is 0. The van der Waals surface area contributed by atoms with Crippen molar-refractivity contribution < 1.29 is 9.18 Å². The van der Waals surface area contributed by atoms with Crippen molar-refractivity contribution in [2.24, 2.45) is 0 Å². The van der Waals surface area contributed by atoms with Crippen molar-refractivity contribution in [3.8, 4) is 0 Å². The highest BCUT2D eigenvalue weighted by molar-refractivity contribution is 8.00. The number of hydrogen-bond donors (Lipinski definition) is 2. The zero-order valence-corrected chi connectivity index (χ0v) is 12.5. The molecule has 1 heterocycles. The lowest BCUT2D eigenvalue weighted by molar-refractivity contribution is -0.119. The fourth-order valence-electron chi connectivity index (χ4n) is 2.30. The molecule has 1 fully saturated rings. The van der Waals surface area contributed by atoms with E-state index in [1.165, 1.54) is 12.1 Å². The van der Waals surface area contributed by atoms with E-state index in [4.69, 9.17) is 0 Å². The van der Waals surface area contributed by atoms with Crippen LogP contribution >= 0.6 is 11.8 Å². The minimum atomic E-state index is -0.271. The Morgan fingerprint density at radius 1 is 1.50 bits per heavy atom. The van der Waals surface area contributed by atoms with Crippen LogP contribution in [0.5, 0.6) is 0 Å². The number of halogens is 1. The summed E-state index contributed by atoms with van der Waals surface area (Å²) < 4.78 is 13.1. The molecule has 0 spiro atoms. The topological polar surface area (TPSA) is 41.1 Å². The molecule has 0 aromatic heterocycles. The summed E-state index contributed by atoms with van der Waals surface area (Å²) in [6.45, 7) is 3.96. The molecular formula is C15H21FN2OS. The molecule has 0 aliphatic carbocycles.